The van der Waals surface area contributed by atoms with E-state index in [9.17, 15) is 8.78 Å². The molecule has 1 nitrogen and oxygen atoms in total. The fourth-order valence-corrected chi connectivity index (χ4v) is 1.99. The number of benzene rings is 1. The molecule has 1 aliphatic carbocycles. The molecule has 0 atom stereocenters. The smallest absolute Gasteiger partial charge is 0.126 e. The Labute approximate surface area is 94.9 Å². The standard InChI is InChI=1S/C13H17F2N/c1-13(2,10-3-4-10)16-8-9-5-11(14)7-12(15)6-9/h5-7,10,16H,3-4,8H2,1-2H3. The van der Waals surface area contributed by atoms with Gasteiger partial charge in [-0.2, -0.15) is 0 Å². The van der Waals surface area contributed by atoms with Crippen molar-refractivity contribution in [3.63, 3.8) is 0 Å². The highest BCUT2D eigenvalue weighted by Crippen LogP contribution is 2.39. The number of hydrogen-bond donors (Lipinski definition) is 1. The predicted molar refractivity (Wildman–Crippen MR) is 60.0 cm³/mol. The van der Waals surface area contributed by atoms with Crippen LogP contribution in [0.4, 0.5) is 8.78 Å². The van der Waals surface area contributed by atoms with Crippen LogP contribution in [0.3, 0.4) is 0 Å². The summed E-state index contributed by atoms with van der Waals surface area (Å²) in [6.07, 6.45) is 2.50. The van der Waals surface area contributed by atoms with Gasteiger partial charge in [-0.3, -0.25) is 0 Å². The van der Waals surface area contributed by atoms with E-state index < -0.39 is 11.6 Å². The Hall–Kier alpha value is -0.960. The third kappa shape index (κ3) is 2.79. The lowest BCUT2D eigenvalue weighted by atomic mass is 9.98. The van der Waals surface area contributed by atoms with Crippen molar-refractivity contribution in [3.8, 4) is 0 Å². The summed E-state index contributed by atoms with van der Waals surface area (Å²) >= 11 is 0. The monoisotopic (exact) mass is 225 g/mol. The Balaban J connectivity index is 1.98. The molecular formula is C13H17F2N. The maximum absolute atomic E-state index is 13.0. The Morgan fingerprint density at radius 3 is 2.25 bits per heavy atom. The van der Waals surface area contributed by atoms with Crippen LogP contribution in [0, 0.1) is 17.6 Å². The Kier molecular flexibility index (Phi) is 2.98. The quantitative estimate of drug-likeness (QED) is 0.829. The van der Waals surface area contributed by atoms with Crippen LogP contribution in [0.1, 0.15) is 32.3 Å². The summed E-state index contributed by atoms with van der Waals surface area (Å²) in [5.41, 5.74) is 0.717. The van der Waals surface area contributed by atoms with Crippen LogP contribution in [-0.4, -0.2) is 5.54 Å². The molecule has 16 heavy (non-hydrogen) atoms. The topological polar surface area (TPSA) is 12.0 Å². The predicted octanol–water partition coefficient (Wildman–Crippen LogP) is 3.24. The molecule has 0 radical (unpaired) electrons. The zero-order chi connectivity index (χ0) is 11.8. The Morgan fingerprint density at radius 2 is 1.75 bits per heavy atom. The molecule has 3 heteroatoms. The summed E-state index contributed by atoms with van der Waals surface area (Å²) in [7, 11) is 0. The summed E-state index contributed by atoms with van der Waals surface area (Å²) in [5.74, 6) is -0.326. The molecule has 0 aromatic heterocycles. The summed E-state index contributed by atoms with van der Waals surface area (Å²) < 4.78 is 25.9. The third-order valence-electron chi connectivity index (χ3n) is 3.27. The minimum atomic E-state index is -0.513. The highest BCUT2D eigenvalue weighted by Gasteiger charge is 2.37. The van der Waals surface area contributed by atoms with E-state index in [0.717, 1.165) is 6.07 Å². The zero-order valence-corrected chi connectivity index (χ0v) is 9.69. The van der Waals surface area contributed by atoms with E-state index in [2.05, 4.69) is 19.2 Å². The molecule has 1 N–H and O–H groups in total. The summed E-state index contributed by atoms with van der Waals surface area (Å²) in [6.45, 7) is 4.79. The molecule has 88 valence electrons. The van der Waals surface area contributed by atoms with Crippen molar-refractivity contribution in [2.45, 2.75) is 38.8 Å². The van der Waals surface area contributed by atoms with Gasteiger partial charge in [0.1, 0.15) is 11.6 Å². The van der Waals surface area contributed by atoms with Crippen LogP contribution in [0.25, 0.3) is 0 Å². The van der Waals surface area contributed by atoms with Gasteiger partial charge in [0.05, 0.1) is 0 Å². The van der Waals surface area contributed by atoms with Crippen LogP contribution < -0.4 is 5.32 Å². The number of hydrogen-bond acceptors (Lipinski definition) is 1. The SMILES string of the molecule is CC(C)(NCc1cc(F)cc(F)c1)C1CC1. The van der Waals surface area contributed by atoms with Crippen LogP contribution in [-0.2, 0) is 6.54 Å². The first-order valence-corrected chi connectivity index (χ1v) is 5.67. The van der Waals surface area contributed by atoms with Gasteiger partial charge in [0, 0.05) is 18.2 Å². The van der Waals surface area contributed by atoms with Crippen molar-refractivity contribution >= 4 is 0 Å². The minimum Gasteiger partial charge on any atom is -0.307 e. The van der Waals surface area contributed by atoms with Crippen molar-refractivity contribution in [2.75, 3.05) is 0 Å². The Morgan fingerprint density at radius 1 is 1.19 bits per heavy atom. The van der Waals surface area contributed by atoms with E-state index in [4.69, 9.17) is 0 Å². The van der Waals surface area contributed by atoms with Crippen LogP contribution in [0.5, 0.6) is 0 Å². The second-order valence-corrected chi connectivity index (χ2v) is 5.13. The first-order chi connectivity index (χ1) is 7.47. The molecule has 0 unspecified atom stereocenters. The first-order valence-electron chi connectivity index (χ1n) is 5.67. The van der Waals surface area contributed by atoms with Gasteiger partial charge < -0.3 is 5.32 Å². The Bertz CT molecular complexity index is 363. The van der Waals surface area contributed by atoms with Crippen LogP contribution >= 0.6 is 0 Å². The molecule has 1 aromatic rings. The van der Waals surface area contributed by atoms with Gasteiger partial charge in [0.25, 0.3) is 0 Å². The highest BCUT2D eigenvalue weighted by molar-refractivity contribution is 5.18. The van der Waals surface area contributed by atoms with Gasteiger partial charge in [-0.15, -0.1) is 0 Å². The lowest BCUT2D eigenvalue weighted by Gasteiger charge is -2.26. The molecule has 0 amide bonds. The average Bonchev–Trinajstić information content (AvgIpc) is 2.96. The summed E-state index contributed by atoms with van der Waals surface area (Å²) in [4.78, 5) is 0. The molecule has 2 rings (SSSR count). The van der Waals surface area contributed by atoms with Crippen molar-refractivity contribution in [1.82, 2.24) is 5.32 Å². The number of nitrogens with one attached hydrogen (secondary N) is 1. The van der Waals surface area contributed by atoms with Gasteiger partial charge in [-0.25, -0.2) is 8.78 Å². The largest absolute Gasteiger partial charge is 0.307 e. The third-order valence-corrected chi connectivity index (χ3v) is 3.27. The molecule has 1 fully saturated rings. The highest BCUT2D eigenvalue weighted by atomic mass is 19.1. The van der Waals surface area contributed by atoms with E-state index in [0.29, 0.717) is 18.0 Å². The maximum atomic E-state index is 13.0. The zero-order valence-electron chi connectivity index (χ0n) is 9.69. The molecule has 1 aromatic carbocycles. The van der Waals surface area contributed by atoms with Gasteiger partial charge in [-0.1, -0.05) is 0 Å². The van der Waals surface area contributed by atoms with Crippen molar-refractivity contribution in [3.05, 3.63) is 35.4 Å². The lowest BCUT2D eigenvalue weighted by molar-refractivity contribution is 0.339. The van der Waals surface area contributed by atoms with E-state index in [1.807, 2.05) is 0 Å². The average molecular weight is 225 g/mol. The molecule has 1 aliphatic rings. The second kappa shape index (κ2) is 4.13. The van der Waals surface area contributed by atoms with E-state index in [1.165, 1.54) is 25.0 Å². The minimum absolute atomic E-state index is 0.0583. The molecule has 0 saturated heterocycles. The molecule has 0 aliphatic heterocycles. The van der Waals surface area contributed by atoms with E-state index in [1.54, 1.807) is 0 Å². The fourth-order valence-electron chi connectivity index (χ4n) is 1.99. The van der Waals surface area contributed by atoms with Gasteiger partial charge in [-0.05, 0) is 50.3 Å². The van der Waals surface area contributed by atoms with Gasteiger partial charge in [0.15, 0.2) is 0 Å². The molecule has 0 heterocycles. The molecular weight excluding hydrogens is 208 g/mol. The van der Waals surface area contributed by atoms with Crippen LogP contribution in [0.15, 0.2) is 18.2 Å². The van der Waals surface area contributed by atoms with E-state index >= 15 is 0 Å². The van der Waals surface area contributed by atoms with Crippen LogP contribution in [0.2, 0.25) is 0 Å². The maximum Gasteiger partial charge on any atom is 0.126 e. The molecule has 1 saturated carbocycles. The van der Waals surface area contributed by atoms with E-state index in [-0.39, 0.29) is 5.54 Å². The molecule has 0 spiro atoms. The number of rotatable bonds is 4. The van der Waals surface area contributed by atoms with Gasteiger partial charge >= 0.3 is 0 Å². The van der Waals surface area contributed by atoms with Crippen molar-refractivity contribution in [1.29, 1.82) is 0 Å². The molecule has 0 bridgehead atoms. The van der Waals surface area contributed by atoms with Gasteiger partial charge in [0.2, 0.25) is 0 Å². The normalized spacial score (nSPS) is 16.5. The lowest BCUT2D eigenvalue weighted by Crippen LogP contribution is -2.40. The van der Waals surface area contributed by atoms with Crippen molar-refractivity contribution in [2.24, 2.45) is 5.92 Å². The van der Waals surface area contributed by atoms with Crippen molar-refractivity contribution < 1.29 is 8.78 Å². The summed E-state index contributed by atoms with van der Waals surface area (Å²) in [6, 6.07) is 3.65. The fraction of sp³-hybridized carbons (Fsp3) is 0.538. The first kappa shape index (κ1) is 11.5. The number of halogens is 2. The second-order valence-electron chi connectivity index (χ2n) is 5.13. The summed E-state index contributed by atoms with van der Waals surface area (Å²) in [5, 5.41) is 3.36.